The zero-order valence-corrected chi connectivity index (χ0v) is 15.2. The van der Waals surface area contributed by atoms with Crippen LogP contribution in [0.15, 0.2) is 29.6 Å². The van der Waals surface area contributed by atoms with E-state index in [1.165, 1.54) is 4.88 Å². The Labute approximate surface area is 145 Å². The monoisotopic (exact) mass is 434 g/mol. The summed E-state index contributed by atoms with van der Waals surface area (Å²) in [6.45, 7) is 3.98. The molecule has 0 N–H and O–H groups in total. The van der Waals surface area contributed by atoms with Crippen LogP contribution in [0.2, 0.25) is 0 Å². The lowest BCUT2D eigenvalue weighted by molar-refractivity contribution is 0.611. The Hall–Kier alpha value is -0.660. The third kappa shape index (κ3) is 2.71. The van der Waals surface area contributed by atoms with Crippen LogP contribution in [0.4, 0.5) is 4.39 Å². The van der Waals surface area contributed by atoms with Crippen molar-refractivity contribution in [3.05, 3.63) is 49.7 Å². The van der Waals surface area contributed by atoms with Gasteiger partial charge in [0.2, 0.25) is 0 Å². The van der Waals surface area contributed by atoms with Crippen molar-refractivity contribution >= 4 is 56.6 Å². The Kier molecular flexibility index (Phi) is 4.25. The number of alkyl halides is 1. The van der Waals surface area contributed by atoms with Gasteiger partial charge in [-0.15, -0.1) is 22.9 Å². The van der Waals surface area contributed by atoms with Gasteiger partial charge in [-0.25, -0.2) is 9.37 Å². The van der Waals surface area contributed by atoms with Crippen molar-refractivity contribution in [1.82, 2.24) is 9.55 Å². The Morgan fingerprint density at radius 3 is 2.76 bits per heavy atom. The van der Waals surface area contributed by atoms with Gasteiger partial charge in [0.25, 0.3) is 0 Å². The summed E-state index contributed by atoms with van der Waals surface area (Å²) in [6, 6.07) is 7.49. The van der Waals surface area contributed by atoms with Crippen molar-refractivity contribution < 1.29 is 4.39 Å². The highest BCUT2D eigenvalue weighted by Crippen LogP contribution is 2.33. The zero-order chi connectivity index (χ0) is 15.1. The van der Waals surface area contributed by atoms with Crippen molar-refractivity contribution in [2.75, 3.05) is 0 Å². The number of fused-ring (bicyclic) bond motifs is 1. The highest BCUT2D eigenvalue weighted by Gasteiger charge is 2.21. The van der Waals surface area contributed by atoms with Gasteiger partial charge in [0.05, 0.1) is 26.0 Å². The van der Waals surface area contributed by atoms with Crippen LogP contribution in [-0.4, -0.2) is 9.55 Å². The van der Waals surface area contributed by atoms with Crippen molar-refractivity contribution in [1.29, 1.82) is 0 Å². The normalized spacial score (nSPS) is 14.5. The molecular weight excluding hydrogens is 422 g/mol. The molecule has 0 bridgehead atoms. The third-order valence-corrected chi connectivity index (χ3v) is 5.52. The van der Waals surface area contributed by atoms with Gasteiger partial charge >= 0.3 is 0 Å². The molecule has 3 aromatic rings. The predicted octanol–water partition coefficient (Wildman–Crippen LogP) is 5.75. The standard InChI is InChI=1S/C15H13ClFIN2S/c1-8(16)15-19-12-7-11(18)10(17)6-13(12)20(15)9(2)14-4-3-5-21-14/h3-9H,1-2H3. The van der Waals surface area contributed by atoms with Crippen LogP contribution >= 0.6 is 45.5 Å². The van der Waals surface area contributed by atoms with Crippen molar-refractivity contribution in [3.8, 4) is 0 Å². The second kappa shape index (κ2) is 5.85. The zero-order valence-electron chi connectivity index (χ0n) is 11.5. The van der Waals surface area contributed by atoms with E-state index in [1.54, 1.807) is 23.5 Å². The van der Waals surface area contributed by atoms with E-state index in [1.807, 2.05) is 45.5 Å². The van der Waals surface area contributed by atoms with E-state index < -0.39 is 0 Å². The highest BCUT2D eigenvalue weighted by atomic mass is 127. The van der Waals surface area contributed by atoms with Crippen LogP contribution in [0.3, 0.4) is 0 Å². The van der Waals surface area contributed by atoms with Crippen molar-refractivity contribution in [2.24, 2.45) is 0 Å². The van der Waals surface area contributed by atoms with Crippen LogP contribution in [0.25, 0.3) is 11.0 Å². The lowest BCUT2D eigenvalue weighted by Gasteiger charge is -2.17. The Morgan fingerprint density at radius 2 is 2.14 bits per heavy atom. The van der Waals surface area contributed by atoms with Gasteiger partial charge in [0.1, 0.15) is 11.6 Å². The minimum Gasteiger partial charge on any atom is -0.318 e. The predicted molar refractivity (Wildman–Crippen MR) is 94.8 cm³/mol. The maximum absolute atomic E-state index is 14.0. The maximum atomic E-state index is 14.0. The first-order chi connectivity index (χ1) is 9.99. The molecule has 2 heterocycles. The molecule has 0 saturated carbocycles. The molecule has 0 spiro atoms. The molecule has 2 atom stereocenters. The van der Waals surface area contributed by atoms with Crippen molar-refractivity contribution in [3.63, 3.8) is 0 Å². The number of thiophene rings is 1. The number of hydrogen-bond acceptors (Lipinski definition) is 2. The van der Waals surface area contributed by atoms with Crippen LogP contribution < -0.4 is 0 Å². The molecular formula is C15H13ClFIN2S. The molecule has 0 aliphatic rings. The summed E-state index contributed by atoms with van der Waals surface area (Å²) in [7, 11) is 0. The smallest absolute Gasteiger partial charge is 0.138 e. The minimum atomic E-state index is -0.236. The van der Waals surface area contributed by atoms with E-state index in [0.717, 1.165) is 16.9 Å². The number of hydrogen-bond donors (Lipinski definition) is 0. The molecule has 21 heavy (non-hydrogen) atoms. The van der Waals surface area contributed by atoms with E-state index in [9.17, 15) is 4.39 Å². The van der Waals surface area contributed by atoms with E-state index >= 15 is 0 Å². The molecule has 0 amide bonds. The second-order valence-electron chi connectivity index (χ2n) is 4.90. The van der Waals surface area contributed by atoms with Gasteiger partial charge < -0.3 is 4.57 Å². The van der Waals surface area contributed by atoms with E-state index in [-0.39, 0.29) is 17.2 Å². The number of nitrogens with zero attached hydrogens (tertiary/aromatic N) is 2. The molecule has 0 radical (unpaired) electrons. The number of aromatic nitrogens is 2. The number of halogens is 3. The molecule has 6 heteroatoms. The largest absolute Gasteiger partial charge is 0.318 e. The average molecular weight is 435 g/mol. The van der Waals surface area contributed by atoms with E-state index in [2.05, 4.69) is 18.0 Å². The van der Waals surface area contributed by atoms with Crippen LogP contribution in [0, 0.1) is 9.39 Å². The molecule has 0 aliphatic heterocycles. The minimum absolute atomic E-state index is 0.0747. The Bertz CT molecular complexity index is 783. The second-order valence-corrected chi connectivity index (χ2v) is 7.70. The van der Waals surface area contributed by atoms with E-state index in [4.69, 9.17) is 11.6 Å². The number of imidazole rings is 1. The fourth-order valence-corrected chi connectivity index (χ4v) is 3.83. The summed E-state index contributed by atoms with van der Waals surface area (Å²) in [6.07, 6.45) is 0. The van der Waals surface area contributed by atoms with E-state index in [0.29, 0.717) is 3.57 Å². The Balaban J connectivity index is 2.27. The average Bonchev–Trinajstić information content (AvgIpc) is 3.06. The SMILES string of the molecule is CC(Cl)c1nc2cc(I)c(F)cc2n1C(C)c1cccs1. The molecule has 0 fully saturated rings. The quantitative estimate of drug-likeness (QED) is 0.379. The van der Waals surface area contributed by atoms with Crippen molar-refractivity contribution in [2.45, 2.75) is 25.3 Å². The molecule has 3 rings (SSSR count). The lowest BCUT2D eigenvalue weighted by atomic mass is 10.2. The highest BCUT2D eigenvalue weighted by molar-refractivity contribution is 14.1. The first kappa shape index (κ1) is 15.2. The van der Waals surface area contributed by atoms with Gasteiger partial charge in [-0.3, -0.25) is 0 Å². The van der Waals surface area contributed by atoms with Gasteiger partial charge in [0.15, 0.2) is 0 Å². The third-order valence-electron chi connectivity index (χ3n) is 3.46. The molecule has 2 unspecified atom stereocenters. The fraction of sp³-hybridized carbons (Fsp3) is 0.267. The van der Waals surface area contributed by atoms with Gasteiger partial charge in [-0.05, 0) is 54.0 Å². The topological polar surface area (TPSA) is 17.8 Å². The Morgan fingerprint density at radius 1 is 1.38 bits per heavy atom. The summed E-state index contributed by atoms with van der Waals surface area (Å²) >= 11 is 9.95. The molecule has 2 nitrogen and oxygen atoms in total. The number of rotatable bonds is 3. The van der Waals surface area contributed by atoms with Gasteiger partial charge in [-0.2, -0.15) is 0 Å². The first-order valence-corrected chi connectivity index (χ1v) is 8.93. The fourth-order valence-electron chi connectivity index (χ4n) is 2.45. The van der Waals surface area contributed by atoms with Gasteiger partial charge in [0, 0.05) is 10.9 Å². The molecule has 0 aliphatic carbocycles. The summed E-state index contributed by atoms with van der Waals surface area (Å²) in [5.74, 6) is 0.547. The summed E-state index contributed by atoms with van der Waals surface area (Å²) in [5, 5.41) is 1.80. The molecule has 1 aromatic carbocycles. The molecule has 110 valence electrons. The molecule has 0 saturated heterocycles. The first-order valence-electron chi connectivity index (χ1n) is 6.53. The lowest BCUT2D eigenvalue weighted by Crippen LogP contribution is -2.10. The van der Waals surface area contributed by atoms with Crippen LogP contribution in [-0.2, 0) is 0 Å². The van der Waals surface area contributed by atoms with Crippen LogP contribution in [0.5, 0.6) is 0 Å². The number of benzene rings is 1. The van der Waals surface area contributed by atoms with Gasteiger partial charge in [-0.1, -0.05) is 6.07 Å². The summed E-state index contributed by atoms with van der Waals surface area (Å²) < 4.78 is 16.6. The summed E-state index contributed by atoms with van der Waals surface area (Å²) in [4.78, 5) is 5.81. The van der Waals surface area contributed by atoms with Crippen LogP contribution in [0.1, 0.15) is 36.0 Å². The molecule has 2 aromatic heterocycles. The summed E-state index contributed by atoms with van der Waals surface area (Å²) in [5.41, 5.74) is 1.57. The maximum Gasteiger partial charge on any atom is 0.138 e.